The summed E-state index contributed by atoms with van der Waals surface area (Å²) < 4.78 is 10.3. The van der Waals surface area contributed by atoms with Crippen molar-refractivity contribution in [2.24, 2.45) is 0 Å². The predicted octanol–water partition coefficient (Wildman–Crippen LogP) is 3.48. The van der Waals surface area contributed by atoms with Crippen LogP contribution in [0.4, 0.5) is 9.80 Å². The molecule has 1 aromatic rings. The maximum Gasteiger partial charge on any atom is 0.341 e. The molecule has 0 aliphatic heterocycles. The highest BCUT2D eigenvalue weighted by atomic mass is 32.1. The molecule has 1 aromatic heterocycles. The summed E-state index contributed by atoms with van der Waals surface area (Å²) >= 11 is 1.21. The van der Waals surface area contributed by atoms with Crippen LogP contribution in [0.1, 0.15) is 57.5 Å². The third-order valence-electron chi connectivity index (χ3n) is 3.02. The molecule has 0 fully saturated rings. The fourth-order valence-electron chi connectivity index (χ4n) is 1.87. The summed E-state index contributed by atoms with van der Waals surface area (Å²) in [4.78, 5) is 36.5. The fourth-order valence-corrected chi connectivity index (χ4v) is 2.79. The maximum absolute atomic E-state index is 12.3. The number of anilines is 1. The van der Waals surface area contributed by atoms with Crippen molar-refractivity contribution < 1.29 is 23.9 Å². The van der Waals surface area contributed by atoms with Crippen molar-refractivity contribution in [1.82, 2.24) is 5.32 Å². The molecule has 1 heterocycles. The van der Waals surface area contributed by atoms with Gasteiger partial charge in [0.2, 0.25) is 0 Å². The number of aryl methyl sites for hydroxylation is 1. The number of rotatable bonds is 5. The molecule has 7 nitrogen and oxygen atoms in total. The Kier molecular flexibility index (Phi) is 6.59. The smallest absolute Gasteiger partial charge is 0.341 e. The lowest BCUT2D eigenvalue weighted by Gasteiger charge is -2.29. The van der Waals surface area contributed by atoms with Crippen LogP contribution in [0.3, 0.4) is 0 Å². The molecule has 0 spiro atoms. The van der Waals surface area contributed by atoms with Gasteiger partial charge in [0.15, 0.2) is 0 Å². The van der Waals surface area contributed by atoms with Crippen LogP contribution in [0, 0.1) is 6.92 Å². The van der Waals surface area contributed by atoms with E-state index >= 15 is 0 Å². The minimum atomic E-state index is -1.23. The van der Waals surface area contributed by atoms with Gasteiger partial charge in [0.1, 0.15) is 16.1 Å². The lowest BCUT2D eigenvalue weighted by atomic mass is 10.1. The topological polar surface area (TPSA) is 93.7 Å². The molecule has 25 heavy (non-hydrogen) atoms. The molecule has 0 saturated carbocycles. The molecule has 2 N–H and O–H groups in total. The Hall–Kier alpha value is -2.09. The lowest BCUT2D eigenvalue weighted by molar-refractivity contribution is -0.161. The summed E-state index contributed by atoms with van der Waals surface area (Å²) in [5.41, 5.74) is -0.857. The van der Waals surface area contributed by atoms with Crippen LogP contribution in [0.25, 0.3) is 0 Å². The summed E-state index contributed by atoms with van der Waals surface area (Å²) in [5, 5.41) is 7.29. The van der Waals surface area contributed by atoms with Crippen LogP contribution in [0.5, 0.6) is 0 Å². The van der Waals surface area contributed by atoms with Crippen molar-refractivity contribution in [3.8, 4) is 0 Å². The van der Waals surface area contributed by atoms with Crippen molar-refractivity contribution >= 4 is 34.3 Å². The van der Waals surface area contributed by atoms with Gasteiger partial charge in [-0.3, -0.25) is 5.32 Å². The molecule has 0 radical (unpaired) electrons. The number of esters is 2. The number of ether oxygens (including phenoxy) is 2. The van der Waals surface area contributed by atoms with Gasteiger partial charge < -0.3 is 14.8 Å². The van der Waals surface area contributed by atoms with Crippen LogP contribution in [0.2, 0.25) is 0 Å². The Morgan fingerprint density at radius 2 is 1.76 bits per heavy atom. The van der Waals surface area contributed by atoms with E-state index in [4.69, 9.17) is 9.47 Å². The number of hydrogen-bond donors (Lipinski definition) is 2. The first-order valence-corrected chi connectivity index (χ1v) is 8.83. The van der Waals surface area contributed by atoms with E-state index in [1.54, 1.807) is 53.8 Å². The number of carbonyl (C=O) groups is 3. The number of nitrogens with one attached hydrogen (secondary N) is 2. The zero-order valence-electron chi connectivity index (χ0n) is 15.7. The molecular weight excluding hydrogens is 344 g/mol. The second-order valence-corrected chi connectivity index (χ2v) is 7.93. The van der Waals surface area contributed by atoms with E-state index in [-0.39, 0.29) is 6.61 Å². The second-order valence-electron chi connectivity index (χ2n) is 7.05. The van der Waals surface area contributed by atoms with Crippen molar-refractivity contribution in [2.45, 2.75) is 59.6 Å². The number of carbonyl (C=O) groups excluding carboxylic acids is 3. The number of amides is 2. The quantitative estimate of drug-likeness (QED) is 0.774. The fraction of sp³-hybridized carbons (Fsp3) is 0.588. The van der Waals surface area contributed by atoms with E-state index in [0.29, 0.717) is 16.1 Å². The SMILES string of the molecule is CCOC(=O)c1c(C)csc1NC(=O)NC(C)(C)C(=O)OC(C)(C)C. The number of hydrogen-bond acceptors (Lipinski definition) is 6. The largest absolute Gasteiger partial charge is 0.462 e. The lowest BCUT2D eigenvalue weighted by Crippen LogP contribution is -2.53. The van der Waals surface area contributed by atoms with Crippen molar-refractivity contribution in [3.63, 3.8) is 0 Å². The van der Waals surface area contributed by atoms with Gasteiger partial charge in [-0.15, -0.1) is 11.3 Å². The van der Waals surface area contributed by atoms with Gasteiger partial charge in [-0.2, -0.15) is 0 Å². The number of thiophene rings is 1. The first-order chi connectivity index (χ1) is 11.4. The van der Waals surface area contributed by atoms with E-state index < -0.39 is 29.1 Å². The molecule has 2 amide bonds. The molecule has 140 valence electrons. The molecule has 0 saturated heterocycles. The van der Waals surface area contributed by atoms with Crippen LogP contribution >= 0.6 is 11.3 Å². The second kappa shape index (κ2) is 7.86. The minimum absolute atomic E-state index is 0.241. The van der Waals surface area contributed by atoms with E-state index in [9.17, 15) is 14.4 Å². The van der Waals surface area contributed by atoms with E-state index in [1.807, 2.05) is 0 Å². The summed E-state index contributed by atoms with van der Waals surface area (Å²) in [6, 6.07) is -0.608. The monoisotopic (exact) mass is 370 g/mol. The Bertz CT molecular complexity index is 658. The van der Waals surface area contributed by atoms with Crippen molar-refractivity contribution in [2.75, 3.05) is 11.9 Å². The van der Waals surface area contributed by atoms with Crippen LogP contribution < -0.4 is 10.6 Å². The Balaban J connectivity index is 2.84. The highest BCUT2D eigenvalue weighted by molar-refractivity contribution is 7.15. The summed E-state index contributed by atoms with van der Waals surface area (Å²) in [6.45, 7) is 12.1. The third kappa shape index (κ3) is 6.04. The molecular formula is C17H26N2O5S. The van der Waals surface area contributed by atoms with Crippen LogP contribution in [-0.2, 0) is 14.3 Å². The summed E-state index contributed by atoms with van der Waals surface area (Å²) in [5.74, 6) is -1.05. The first-order valence-electron chi connectivity index (χ1n) is 7.95. The zero-order chi connectivity index (χ0) is 19.4. The van der Waals surface area contributed by atoms with Gasteiger partial charge >= 0.3 is 18.0 Å². The van der Waals surface area contributed by atoms with Crippen LogP contribution in [0.15, 0.2) is 5.38 Å². The third-order valence-corrected chi connectivity index (χ3v) is 4.03. The highest BCUT2D eigenvalue weighted by Gasteiger charge is 2.34. The average Bonchev–Trinajstić information content (AvgIpc) is 2.77. The molecule has 1 rings (SSSR count). The van der Waals surface area contributed by atoms with Crippen molar-refractivity contribution in [1.29, 1.82) is 0 Å². The standard InChI is InChI=1S/C17H26N2O5S/c1-8-23-13(20)11-10(2)9-25-12(11)18-15(22)19-17(6,7)14(21)24-16(3,4)5/h9H,8H2,1-7H3,(H2,18,19,22). The minimum Gasteiger partial charge on any atom is -0.462 e. The molecule has 0 atom stereocenters. The molecule has 0 bridgehead atoms. The summed E-state index contributed by atoms with van der Waals surface area (Å²) in [7, 11) is 0. The van der Waals surface area contributed by atoms with Gasteiger partial charge in [-0.25, -0.2) is 14.4 Å². The highest BCUT2D eigenvalue weighted by Crippen LogP contribution is 2.28. The van der Waals surface area contributed by atoms with Crippen LogP contribution in [-0.4, -0.2) is 35.7 Å². The molecule has 0 aliphatic rings. The van der Waals surface area contributed by atoms with Gasteiger partial charge in [0.05, 0.1) is 12.2 Å². The molecule has 0 unspecified atom stereocenters. The maximum atomic E-state index is 12.3. The Labute approximate surface area is 152 Å². The first kappa shape index (κ1) is 21.0. The van der Waals surface area contributed by atoms with Gasteiger partial charge in [-0.1, -0.05) is 0 Å². The van der Waals surface area contributed by atoms with E-state index in [0.717, 1.165) is 0 Å². The van der Waals surface area contributed by atoms with Gasteiger partial charge in [0.25, 0.3) is 0 Å². The predicted molar refractivity (Wildman–Crippen MR) is 97.1 cm³/mol. The Morgan fingerprint density at radius 1 is 1.16 bits per heavy atom. The van der Waals surface area contributed by atoms with E-state index in [2.05, 4.69) is 10.6 Å². The van der Waals surface area contributed by atoms with Gasteiger partial charge in [0, 0.05) is 0 Å². The van der Waals surface area contributed by atoms with Gasteiger partial charge in [-0.05, 0) is 59.4 Å². The average molecular weight is 370 g/mol. The molecule has 8 heteroatoms. The normalized spacial score (nSPS) is 11.6. The van der Waals surface area contributed by atoms with Crippen molar-refractivity contribution in [3.05, 3.63) is 16.5 Å². The Morgan fingerprint density at radius 3 is 2.28 bits per heavy atom. The van der Waals surface area contributed by atoms with E-state index in [1.165, 1.54) is 11.3 Å². The number of urea groups is 1. The zero-order valence-corrected chi connectivity index (χ0v) is 16.6. The molecule has 0 aromatic carbocycles. The summed E-state index contributed by atoms with van der Waals surface area (Å²) in [6.07, 6.45) is 0. The molecule has 0 aliphatic carbocycles.